The van der Waals surface area contributed by atoms with Crippen molar-refractivity contribution < 1.29 is 4.74 Å². The third kappa shape index (κ3) is 4.05. The van der Waals surface area contributed by atoms with Crippen molar-refractivity contribution in [3.05, 3.63) is 29.6 Å². The summed E-state index contributed by atoms with van der Waals surface area (Å²) < 4.78 is 5.55. The highest BCUT2D eigenvalue weighted by Gasteiger charge is 2.16. The molecule has 1 N–H and O–H groups in total. The summed E-state index contributed by atoms with van der Waals surface area (Å²) in [6.45, 7) is 9.82. The Kier molecular flexibility index (Phi) is 5.11. The topological polar surface area (TPSA) is 37.4 Å². The molecule has 1 fully saturated rings. The van der Waals surface area contributed by atoms with Crippen molar-refractivity contribution in [1.82, 2.24) is 15.2 Å². The summed E-state index contributed by atoms with van der Waals surface area (Å²) in [5, 5.41) is 3.31. The summed E-state index contributed by atoms with van der Waals surface area (Å²) >= 11 is 0. The Balaban J connectivity index is 1.91. The van der Waals surface area contributed by atoms with E-state index in [-0.39, 0.29) is 0 Å². The minimum atomic E-state index is 0.337. The van der Waals surface area contributed by atoms with Crippen LogP contribution in [0.4, 0.5) is 0 Å². The maximum Gasteiger partial charge on any atom is 0.0674 e. The van der Waals surface area contributed by atoms with Crippen LogP contribution in [-0.2, 0) is 17.8 Å². The molecule has 1 unspecified atom stereocenters. The lowest BCUT2D eigenvalue weighted by atomic mass is 10.2. The van der Waals surface area contributed by atoms with Crippen LogP contribution < -0.4 is 5.32 Å². The Morgan fingerprint density at radius 1 is 1.44 bits per heavy atom. The van der Waals surface area contributed by atoms with E-state index in [1.165, 1.54) is 0 Å². The molecule has 2 rings (SSSR count). The van der Waals surface area contributed by atoms with Crippen molar-refractivity contribution in [2.24, 2.45) is 0 Å². The van der Waals surface area contributed by atoms with E-state index in [0.717, 1.165) is 50.7 Å². The van der Waals surface area contributed by atoms with E-state index in [4.69, 9.17) is 4.74 Å². The molecule has 0 aromatic carbocycles. The van der Waals surface area contributed by atoms with Gasteiger partial charge in [0.05, 0.1) is 24.1 Å². The normalized spacial score (nSPS) is 21.1. The molecule has 2 heterocycles. The van der Waals surface area contributed by atoms with Crippen LogP contribution in [-0.4, -0.2) is 42.2 Å². The van der Waals surface area contributed by atoms with Gasteiger partial charge in [-0.1, -0.05) is 13.0 Å². The quantitative estimate of drug-likeness (QED) is 0.856. The Morgan fingerprint density at radius 3 is 3.06 bits per heavy atom. The van der Waals surface area contributed by atoms with E-state index >= 15 is 0 Å². The minimum absolute atomic E-state index is 0.337. The predicted octanol–water partition coefficient (Wildman–Crippen LogP) is 1.41. The average Bonchev–Trinajstić information content (AvgIpc) is 2.37. The van der Waals surface area contributed by atoms with Crippen LogP contribution in [0.15, 0.2) is 18.2 Å². The first-order valence-corrected chi connectivity index (χ1v) is 6.77. The monoisotopic (exact) mass is 249 g/mol. The fraction of sp³-hybridized carbons (Fsp3) is 0.643. The molecule has 1 aromatic rings. The van der Waals surface area contributed by atoms with Crippen LogP contribution in [0.5, 0.6) is 0 Å². The predicted molar refractivity (Wildman–Crippen MR) is 72.3 cm³/mol. The Hall–Kier alpha value is -0.970. The molecule has 4 heteroatoms. The molecule has 0 bridgehead atoms. The smallest absolute Gasteiger partial charge is 0.0674 e. The highest BCUT2D eigenvalue weighted by molar-refractivity contribution is 5.11. The molecule has 0 saturated carbocycles. The lowest BCUT2D eigenvalue weighted by Crippen LogP contribution is -2.40. The fourth-order valence-corrected chi connectivity index (χ4v) is 2.23. The highest BCUT2D eigenvalue weighted by Crippen LogP contribution is 2.09. The van der Waals surface area contributed by atoms with Gasteiger partial charge in [-0.3, -0.25) is 9.88 Å². The molecular weight excluding hydrogens is 226 g/mol. The molecule has 100 valence electrons. The van der Waals surface area contributed by atoms with Gasteiger partial charge in [-0.15, -0.1) is 0 Å². The summed E-state index contributed by atoms with van der Waals surface area (Å²) in [7, 11) is 0. The van der Waals surface area contributed by atoms with E-state index < -0.39 is 0 Å². The maximum atomic E-state index is 5.55. The number of aromatic nitrogens is 1. The molecule has 0 radical (unpaired) electrons. The molecule has 4 nitrogen and oxygen atoms in total. The Labute approximate surface area is 109 Å². The van der Waals surface area contributed by atoms with Crippen molar-refractivity contribution in [3.63, 3.8) is 0 Å². The zero-order valence-corrected chi connectivity index (χ0v) is 11.4. The third-order valence-electron chi connectivity index (χ3n) is 3.13. The van der Waals surface area contributed by atoms with E-state index in [1.54, 1.807) is 0 Å². The molecule has 1 atom stereocenters. The maximum absolute atomic E-state index is 5.55. The van der Waals surface area contributed by atoms with Gasteiger partial charge in [-0.2, -0.15) is 0 Å². The van der Waals surface area contributed by atoms with Crippen LogP contribution in [0.25, 0.3) is 0 Å². The number of hydrogen-bond donors (Lipinski definition) is 1. The van der Waals surface area contributed by atoms with Crippen molar-refractivity contribution in [2.45, 2.75) is 33.0 Å². The molecule has 1 aliphatic heterocycles. The van der Waals surface area contributed by atoms with Crippen LogP contribution in [0.1, 0.15) is 25.2 Å². The largest absolute Gasteiger partial charge is 0.376 e. The zero-order valence-electron chi connectivity index (χ0n) is 11.4. The summed E-state index contributed by atoms with van der Waals surface area (Å²) in [5.74, 6) is 0. The second-order valence-electron chi connectivity index (χ2n) is 4.82. The molecule has 1 aliphatic rings. The highest BCUT2D eigenvalue weighted by atomic mass is 16.5. The first-order valence-electron chi connectivity index (χ1n) is 6.77. The lowest BCUT2D eigenvalue weighted by molar-refractivity contribution is -0.0216. The number of ether oxygens (including phenoxy) is 1. The van der Waals surface area contributed by atoms with E-state index in [2.05, 4.69) is 47.2 Å². The first-order chi connectivity index (χ1) is 8.78. The summed E-state index contributed by atoms with van der Waals surface area (Å²) in [4.78, 5) is 7.09. The number of nitrogens with one attached hydrogen (secondary N) is 1. The molecule has 0 spiro atoms. The summed E-state index contributed by atoms with van der Waals surface area (Å²) in [6.07, 6.45) is 0.337. The van der Waals surface area contributed by atoms with Gasteiger partial charge in [-0.05, 0) is 25.6 Å². The average molecular weight is 249 g/mol. The fourth-order valence-electron chi connectivity index (χ4n) is 2.23. The van der Waals surface area contributed by atoms with Gasteiger partial charge in [-0.25, -0.2) is 0 Å². The van der Waals surface area contributed by atoms with Crippen molar-refractivity contribution in [3.8, 4) is 0 Å². The molecule has 0 aliphatic carbocycles. The van der Waals surface area contributed by atoms with Gasteiger partial charge in [0.2, 0.25) is 0 Å². The standard InChI is InChI=1S/C14H23N3O/c1-3-15-9-13-5-4-6-14(16-13)11-17-7-8-18-12(2)10-17/h4-6,12,15H,3,7-11H2,1-2H3. The minimum Gasteiger partial charge on any atom is -0.376 e. The van der Waals surface area contributed by atoms with Crippen LogP contribution in [0.2, 0.25) is 0 Å². The SMILES string of the molecule is CCNCc1cccc(CN2CCOC(C)C2)n1. The van der Waals surface area contributed by atoms with Crippen LogP contribution in [0, 0.1) is 0 Å². The molecular formula is C14H23N3O. The number of rotatable bonds is 5. The van der Waals surface area contributed by atoms with Crippen molar-refractivity contribution >= 4 is 0 Å². The third-order valence-corrected chi connectivity index (χ3v) is 3.13. The van der Waals surface area contributed by atoms with Gasteiger partial charge < -0.3 is 10.1 Å². The van der Waals surface area contributed by atoms with Gasteiger partial charge in [0.1, 0.15) is 0 Å². The number of pyridine rings is 1. The van der Waals surface area contributed by atoms with E-state index in [0.29, 0.717) is 6.10 Å². The lowest BCUT2D eigenvalue weighted by Gasteiger charge is -2.30. The summed E-state index contributed by atoms with van der Waals surface area (Å²) in [6, 6.07) is 6.28. The van der Waals surface area contributed by atoms with E-state index in [1.807, 2.05) is 0 Å². The van der Waals surface area contributed by atoms with Crippen LogP contribution in [0.3, 0.4) is 0 Å². The number of morpholine rings is 1. The van der Waals surface area contributed by atoms with Crippen molar-refractivity contribution in [1.29, 1.82) is 0 Å². The van der Waals surface area contributed by atoms with Gasteiger partial charge in [0.15, 0.2) is 0 Å². The van der Waals surface area contributed by atoms with Gasteiger partial charge in [0.25, 0.3) is 0 Å². The molecule has 1 aromatic heterocycles. The molecule has 18 heavy (non-hydrogen) atoms. The zero-order chi connectivity index (χ0) is 12.8. The number of hydrogen-bond acceptors (Lipinski definition) is 4. The summed E-state index contributed by atoms with van der Waals surface area (Å²) in [5.41, 5.74) is 2.27. The molecule has 1 saturated heterocycles. The van der Waals surface area contributed by atoms with Crippen molar-refractivity contribution in [2.75, 3.05) is 26.2 Å². The second-order valence-corrected chi connectivity index (χ2v) is 4.82. The van der Waals surface area contributed by atoms with Gasteiger partial charge in [0, 0.05) is 26.2 Å². The number of nitrogens with zero attached hydrogens (tertiary/aromatic N) is 2. The first kappa shape index (κ1) is 13.5. The second kappa shape index (κ2) is 6.83. The van der Waals surface area contributed by atoms with Gasteiger partial charge >= 0.3 is 0 Å². The molecule has 0 amide bonds. The Morgan fingerprint density at radius 2 is 2.28 bits per heavy atom. The Bertz CT molecular complexity index is 370. The van der Waals surface area contributed by atoms with Crippen LogP contribution >= 0.6 is 0 Å². The van der Waals surface area contributed by atoms with E-state index in [9.17, 15) is 0 Å².